The Morgan fingerprint density at radius 3 is 2.86 bits per heavy atom. The summed E-state index contributed by atoms with van der Waals surface area (Å²) >= 11 is 6.19. The number of pyridine rings is 2. The lowest BCUT2D eigenvalue weighted by atomic mass is 10.1. The van der Waals surface area contributed by atoms with Crippen LogP contribution in [0.4, 0.5) is 0 Å². The largest absolute Gasteiger partial charge is 0.507 e. The number of nitrogens with zero attached hydrogens (tertiary/aromatic N) is 4. The van der Waals surface area contributed by atoms with Crippen LogP contribution in [0, 0.1) is 0 Å². The van der Waals surface area contributed by atoms with E-state index in [2.05, 4.69) is 20.4 Å². The second kappa shape index (κ2) is 7.24. The molecule has 0 saturated heterocycles. The number of amides is 1. The van der Waals surface area contributed by atoms with Crippen LogP contribution in [0.3, 0.4) is 0 Å². The molecule has 0 aliphatic rings. The number of aromatic hydroxyl groups is 1. The summed E-state index contributed by atoms with van der Waals surface area (Å²) in [6, 6.07) is 6.46. The first kappa shape index (κ1) is 18.4. The van der Waals surface area contributed by atoms with E-state index in [1.807, 2.05) is 0 Å². The molecule has 146 valence electrons. The Bertz CT molecular complexity index is 1270. The van der Waals surface area contributed by atoms with Crippen molar-refractivity contribution in [1.29, 1.82) is 0 Å². The summed E-state index contributed by atoms with van der Waals surface area (Å²) < 4.78 is 7.09. The Morgan fingerprint density at radius 1 is 1.24 bits per heavy atom. The fourth-order valence-corrected chi connectivity index (χ4v) is 3.02. The Hall–Kier alpha value is -3.92. The number of nitrogens with one attached hydrogen (secondary N) is 1. The smallest absolute Gasteiger partial charge is 0.322 e. The molecule has 0 spiro atoms. The molecule has 1 amide bonds. The van der Waals surface area contributed by atoms with Crippen LogP contribution in [0.1, 0.15) is 10.4 Å². The molecule has 3 aromatic heterocycles. The lowest BCUT2D eigenvalue weighted by molar-refractivity contribution is -0.135. The summed E-state index contributed by atoms with van der Waals surface area (Å²) in [5.41, 5.74) is -0.232. The minimum Gasteiger partial charge on any atom is -0.507 e. The highest BCUT2D eigenvalue weighted by atomic mass is 35.5. The minimum absolute atomic E-state index is 0.00545. The van der Waals surface area contributed by atoms with Gasteiger partial charge in [-0.2, -0.15) is 9.61 Å². The van der Waals surface area contributed by atoms with Crippen molar-refractivity contribution < 1.29 is 24.5 Å². The van der Waals surface area contributed by atoms with Gasteiger partial charge in [0.05, 0.1) is 11.2 Å². The number of carboxylic acids is 1. The summed E-state index contributed by atoms with van der Waals surface area (Å²) in [7, 11) is 0. The zero-order valence-electron chi connectivity index (χ0n) is 14.5. The maximum atomic E-state index is 12.3. The number of fused-ring (bicyclic) bond motifs is 2. The molecule has 4 aromatic rings. The lowest BCUT2D eigenvalue weighted by Crippen LogP contribution is -2.29. The standard InChI is InChI=1S/C18H12ClN5O5/c19-11-3-1-2-9-10(11)5-20-6-13(9)29-14-4-12(25)16(17-22-8-23-24(14)17)18(28)21-7-15(26)27/h1-6,8,25H,7H2,(H,21,28)(H,26,27). The van der Waals surface area contributed by atoms with Crippen molar-refractivity contribution in [2.45, 2.75) is 0 Å². The summed E-state index contributed by atoms with van der Waals surface area (Å²) in [6.45, 7) is -0.612. The Morgan fingerprint density at radius 2 is 2.07 bits per heavy atom. The molecule has 0 fully saturated rings. The van der Waals surface area contributed by atoms with Crippen molar-refractivity contribution in [3.05, 3.63) is 53.6 Å². The molecule has 0 atom stereocenters. The number of carbonyl (C=O) groups excluding carboxylic acids is 1. The molecule has 11 heteroatoms. The van der Waals surface area contributed by atoms with Crippen LogP contribution in [0.2, 0.25) is 5.02 Å². The number of aliphatic carboxylic acids is 1. The molecule has 0 aliphatic carbocycles. The number of ether oxygens (including phenoxy) is 1. The number of carbonyl (C=O) groups is 2. The van der Waals surface area contributed by atoms with E-state index in [4.69, 9.17) is 21.4 Å². The van der Waals surface area contributed by atoms with Crippen LogP contribution in [-0.2, 0) is 4.79 Å². The van der Waals surface area contributed by atoms with E-state index in [0.717, 1.165) is 0 Å². The van der Waals surface area contributed by atoms with Crippen LogP contribution in [0.15, 0.2) is 43.0 Å². The average Bonchev–Trinajstić information content (AvgIpc) is 3.17. The minimum atomic E-state index is -1.22. The number of rotatable bonds is 5. The zero-order valence-corrected chi connectivity index (χ0v) is 15.3. The van der Waals surface area contributed by atoms with Gasteiger partial charge in [-0.05, 0) is 6.07 Å². The van der Waals surface area contributed by atoms with E-state index in [1.165, 1.54) is 23.1 Å². The van der Waals surface area contributed by atoms with Crippen molar-refractivity contribution in [3.8, 4) is 17.4 Å². The first-order valence-corrected chi connectivity index (χ1v) is 8.59. The van der Waals surface area contributed by atoms with Crippen LogP contribution in [-0.4, -0.2) is 48.2 Å². The molecule has 0 bridgehead atoms. The van der Waals surface area contributed by atoms with Gasteiger partial charge in [-0.3, -0.25) is 14.6 Å². The number of hydrogen-bond acceptors (Lipinski definition) is 7. The summed E-state index contributed by atoms with van der Waals surface area (Å²) in [5.74, 6) is -2.07. The second-order valence-electron chi connectivity index (χ2n) is 5.89. The van der Waals surface area contributed by atoms with Gasteiger partial charge in [0.25, 0.3) is 5.91 Å². The van der Waals surface area contributed by atoms with Crippen LogP contribution >= 0.6 is 11.6 Å². The molecule has 3 N–H and O–H groups in total. The van der Waals surface area contributed by atoms with E-state index in [1.54, 1.807) is 24.4 Å². The van der Waals surface area contributed by atoms with Gasteiger partial charge >= 0.3 is 5.97 Å². The Kier molecular flexibility index (Phi) is 4.61. The van der Waals surface area contributed by atoms with Gasteiger partial charge in [0.15, 0.2) is 11.4 Å². The monoisotopic (exact) mass is 413 g/mol. The summed E-state index contributed by atoms with van der Waals surface area (Å²) in [6.07, 6.45) is 4.25. The zero-order chi connectivity index (χ0) is 20.5. The molecule has 1 aromatic carbocycles. The fourth-order valence-electron chi connectivity index (χ4n) is 2.80. The number of benzene rings is 1. The highest BCUT2D eigenvalue weighted by Gasteiger charge is 2.22. The van der Waals surface area contributed by atoms with Crippen LogP contribution in [0.5, 0.6) is 17.4 Å². The van der Waals surface area contributed by atoms with Crippen LogP contribution in [0.25, 0.3) is 16.4 Å². The van der Waals surface area contributed by atoms with E-state index < -0.39 is 24.2 Å². The van der Waals surface area contributed by atoms with Gasteiger partial charge in [0, 0.05) is 23.0 Å². The Labute approximate surface area is 167 Å². The first-order valence-electron chi connectivity index (χ1n) is 8.21. The third-order valence-electron chi connectivity index (χ3n) is 4.05. The molecule has 10 nitrogen and oxygen atoms in total. The molecule has 29 heavy (non-hydrogen) atoms. The molecular weight excluding hydrogens is 402 g/mol. The summed E-state index contributed by atoms with van der Waals surface area (Å²) in [4.78, 5) is 31.0. The maximum absolute atomic E-state index is 12.3. The summed E-state index contributed by atoms with van der Waals surface area (Å²) in [5, 5.41) is 27.1. The normalized spacial score (nSPS) is 10.9. The molecule has 3 heterocycles. The van der Waals surface area contributed by atoms with E-state index in [0.29, 0.717) is 21.5 Å². The maximum Gasteiger partial charge on any atom is 0.322 e. The van der Waals surface area contributed by atoms with Crippen molar-refractivity contribution in [2.75, 3.05) is 6.54 Å². The Balaban J connectivity index is 1.78. The van der Waals surface area contributed by atoms with Crippen molar-refractivity contribution >= 4 is 39.9 Å². The molecule has 0 radical (unpaired) electrons. The molecule has 0 aliphatic heterocycles. The number of halogens is 1. The van der Waals surface area contributed by atoms with Gasteiger partial charge in [-0.15, -0.1) is 0 Å². The molecule has 0 unspecified atom stereocenters. The average molecular weight is 414 g/mol. The SMILES string of the molecule is O=C(O)CNC(=O)c1c(O)cc(Oc2cncc3c(Cl)cccc23)n2ncnc12. The van der Waals surface area contributed by atoms with Gasteiger partial charge in [0.1, 0.15) is 24.2 Å². The van der Waals surface area contributed by atoms with Crippen molar-refractivity contribution in [1.82, 2.24) is 24.9 Å². The predicted molar refractivity (Wildman–Crippen MR) is 101 cm³/mol. The number of aromatic nitrogens is 4. The topological polar surface area (TPSA) is 139 Å². The van der Waals surface area contributed by atoms with Gasteiger partial charge in [0.2, 0.25) is 5.88 Å². The fraction of sp³-hybridized carbons (Fsp3) is 0.0556. The van der Waals surface area contributed by atoms with E-state index in [-0.39, 0.29) is 17.1 Å². The predicted octanol–water partition coefficient (Wildman–Crippen LogP) is 2.24. The van der Waals surface area contributed by atoms with Crippen LogP contribution < -0.4 is 10.1 Å². The highest BCUT2D eigenvalue weighted by molar-refractivity contribution is 6.35. The molecule has 4 rings (SSSR count). The third-order valence-corrected chi connectivity index (χ3v) is 4.38. The quantitative estimate of drug-likeness (QED) is 0.452. The third kappa shape index (κ3) is 3.36. The van der Waals surface area contributed by atoms with E-state index >= 15 is 0 Å². The highest BCUT2D eigenvalue weighted by Crippen LogP contribution is 2.34. The lowest BCUT2D eigenvalue weighted by Gasteiger charge is -2.12. The number of hydrogen-bond donors (Lipinski definition) is 3. The van der Waals surface area contributed by atoms with Gasteiger partial charge < -0.3 is 20.3 Å². The van der Waals surface area contributed by atoms with Gasteiger partial charge in [-0.1, -0.05) is 23.7 Å². The number of carboxylic acid groups (broad SMARTS) is 1. The molecule has 0 saturated carbocycles. The van der Waals surface area contributed by atoms with Crippen molar-refractivity contribution in [3.63, 3.8) is 0 Å². The van der Waals surface area contributed by atoms with Gasteiger partial charge in [-0.25, -0.2) is 4.98 Å². The van der Waals surface area contributed by atoms with Crippen molar-refractivity contribution in [2.24, 2.45) is 0 Å². The first-order chi connectivity index (χ1) is 14.0. The second-order valence-corrected chi connectivity index (χ2v) is 6.30. The molecular formula is C18H12ClN5O5. The van der Waals surface area contributed by atoms with E-state index in [9.17, 15) is 14.7 Å².